The number of unbranched alkanes of at least 4 members (excludes halogenated alkanes) is 5. The van der Waals surface area contributed by atoms with Crippen molar-refractivity contribution in [3.63, 3.8) is 0 Å². The molecule has 0 amide bonds. The molecule has 0 aliphatic rings. The first kappa shape index (κ1) is 16.9. The van der Waals surface area contributed by atoms with E-state index >= 15 is 0 Å². The molecule has 0 saturated carbocycles. The lowest BCUT2D eigenvalue weighted by atomic mass is 10.1. The third-order valence-corrected chi connectivity index (χ3v) is 3.50. The maximum Gasteiger partial charge on any atom is 0.273 e. The Morgan fingerprint density at radius 3 is 2.60 bits per heavy atom. The van der Waals surface area contributed by atoms with Crippen LogP contribution in [0.2, 0.25) is 5.02 Å². The Morgan fingerprint density at radius 1 is 1.20 bits per heavy atom. The lowest BCUT2D eigenvalue weighted by molar-refractivity contribution is -0.385. The molecular weight excluding hydrogens is 276 g/mol. The molecule has 0 aliphatic carbocycles. The molecule has 112 valence electrons. The Bertz CT molecular complexity index is 424. The molecule has 0 heterocycles. The Balaban J connectivity index is 2.28. The van der Waals surface area contributed by atoms with Crippen LogP contribution < -0.4 is 5.32 Å². The average Bonchev–Trinajstić information content (AvgIpc) is 2.41. The predicted molar refractivity (Wildman–Crippen MR) is 83.2 cm³/mol. The van der Waals surface area contributed by atoms with E-state index in [0.717, 1.165) is 13.0 Å². The molecule has 0 radical (unpaired) electrons. The van der Waals surface area contributed by atoms with Gasteiger partial charge in [-0.15, -0.1) is 0 Å². The molecule has 0 atom stereocenters. The van der Waals surface area contributed by atoms with E-state index in [1.807, 2.05) is 0 Å². The fourth-order valence-electron chi connectivity index (χ4n) is 2.13. The molecule has 0 spiro atoms. The number of hydrogen-bond donors (Lipinski definition) is 1. The number of hydrogen-bond acceptors (Lipinski definition) is 3. The van der Waals surface area contributed by atoms with E-state index in [9.17, 15) is 10.1 Å². The molecule has 4 nitrogen and oxygen atoms in total. The van der Waals surface area contributed by atoms with Crippen LogP contribution in [0.1, 0.15) is 51.0 Å². The van der Waals surface area contributed by atoms with Gasteiger partial charge >= 0.3 is 0 Å². The van der Waals surface area contributed by atoms with Crippen LogP contribution in [0.5, 0.6) is 0 Å². The number of halogens is 1. The molecule has 1 aromatic rings. The standard InChI is InChI=1S/C15H23ClN2O2/c1-2-3-4-5-6-7-10-17-12-13-11-14(16)8-9-15(13)18(19)20/h8-9,11,17H,2-7,10,12H2,1H3. The highest BCUT2D eigenvalue weighted by Crippen LogP contribution is 2.22. The van der Waals surface area contributed by atoms with Gasteiger partial charge in [0.2, 0.25) is 0 Å². The Morgan fingerprint density at radius 2 is 1.90 bits per heavy atom. The van der Waals surface area contributed by atoms with Crippen molar-refractivity contribution in [3.8, 4) is 0 Å². The molecule has 0 unspecified atom stereocenters. The van der Waals surface area contributed by atoms with Crippen molar-refractivity contribution in [3.05, 3.63) is 38.9 Å². The summed E-state index contributed by atoms with van der Waals surface area (Å²) in [4.78, 5) is 10.5. The van der Waals surface area contributed by atoms with Gasteiger partial charge in [0.05, 0.1) is 4.92 Å². The van der Waals surface area contributed by atoms with Crippen molar-refractivity contribution < 1.29 is 4.92 Å². The van der Waals surface area contributed by atoms with Crippen molar-refractivity contribution in [2.45, 2.75) is 52.0 Å². The van der Waals surface area contributed by atoms with Crippen molar-refractivity contribution in [2.24, 2.45) is 0 Å². The normalized spacial score (nSPS) is 10.7. The molecule has 0 bridgehead atoms. The second-order valence-electron chi connectivity index (χ2n) is 4.97. The molecule has 1 rings (SSSR count). The average molecular weight is 299 g/mol. The predicted octanol–water partition coefficient (Wildman–Crippen LogP) is 4.70. The van der Waals surface area contributed by atoms with Gasteiger partial charge in [-0.25, -0.2) is 0 Å². The molecule has 0 saturated heterocycles. The Kier molecular flexibility index (Phi) is 8.23. The number of rotatable bonds is 10. The smallest absolute Gasteiger partial charge is 0.273 e. The lowest BCUT2D eigenvalue weighted by Gasteiger charge is -2.06. The van der Waals surface area contributed by atoms with Gasteiger partial charge in [0, 0.05) is 23.2 Å². The topological polar surface area (TPSA) is 55.2 Å². The SMILES string of the molecule is CCCCCCCCNCc1cc(Cl)ccc1[N+](=O)[O-]. The third-order valence-electron chi connectivity index (χ3n) is 3.26. The van der Waals surface area contributed by atoms with Crippen LogP contribution in [0.25, 0.3) is 0 Å². The first-order valence-electron chi connectivity index (χ1n) is 7.28. The van der Waals surface area contributed by atoms with E-state index in [1.54, 1.807) is 12.1 Å². The number of nitrogens with zero attached hydrogens (tertiary/aromatic N) is 1. The van der Waals surface area contributed by atoms with Crippen molar-refractivity contribution >= 4 is 17.3 Å². The molecule has 0 aromatic heterocycles. The van der Waals surface area contributed by atoms with Gasteiger partial charge in [0.15, 0.2) is 0 Å². The van der Waals surface area contributed by atoms with Crippen LogP contribution in [0, 0.1) is 10.1 Å². The van der Waals surface area contributed by atoms with Crippen LogP contribution in [0.15, 0.2) is 18.2 Å². The van der Waals surface area contributed by atoms with Crippen LogP contribution in [0.4, 0.5) is 5.69 Å². The minimum absolute atomic E-state index is 0.129. The highest BCUT2D eigenvalue weighted by Gasteiger charge is 2.12. The zero-order valence-electron chi connectivity index (χ0n) is 12.0. The molecule has 1 aromatic carbocycles. The molecule has 0 fully saturated rings. The highest BCUT2D eigenvalue weighted by atomic mass is 35.5. The summed E-state index contributed by atoms with van der Waals surface area (Å²) in [5, 5.41) is 14.7. The fraction of sp³-hybridized carbons (Fsp3) is 0.600. The summed E-state index contributed by atoms with van der Waals surface area (Å²) in [7, 11) is 0. The number of nitrogens with one attached hydrogen (secondary N) is 1. The maximum atomic E-state index is 10.9. The second-order valence-corrected chi connectivity index (χ2v) is 5.41. The van der Waals surface area contributed by atoms with Crippen molar-refractivity contribution in [2.75, 3.05) is 6.54 Å². The van der Waals surface area contributed by atoms with E-state index in [0.29, 0.717) is 17.1 Å². The Hall–Kier alpha value is -1.13. The summed E-state index contributed by atoms with van der Waals surface area (Å²) in [5.41, 5.74) is 0.776. The molecule has 1 N–H and O–H groups in total. The van der Waals surface area contributed by atoms with E-state index < -0.39 is 0 Å². The quantitative estimate of drug-likeness (QED) is 0.387. The van der Waals surface area contributed by atoms with Gasteiger partial charge in [-0.05, 0) is 25.1 Å². The van der Waals surface area contributed by atoms with Gasteiger partial charge < -0.3 is 5.32 Å². The first-order chi connectivity index (χ1) is 9.65. The van der Waals surface area contributed by atoms with Crippen LogP contribution in [0.3, 0.4) is 0 Å². The summed E-state index contributed by atoms with van der Waals surface area (Å²) in [5.74, 6) is 0. The van der Waals surface area contributed by atoms with E-state index in [4.69, 9.17) is 11.6 Å². The highest BCUT2D eigenvalue weighted by molar-refractivity contribution is 6.30. The first-order valence-corrected chi connectivity index (χ1v) is 7.66. The number of nitro groups is 1. The van der Waals surface area contributed by atoms with Crippen molar-refractivity contribution in [1.29, 1.82) is 0 Å². The molecule has 20 heavy (non-hydrogen) atoms. The van der Waals surface area contributed by atoms with Crippen LogP contribution in [-0.4, -0.2) is 11.5 Å². The van der Waals surface area contributed by atoms with Gasteiger partial charge in [0.1, 0.15) is 0 Å². The third kappa shape index (κ3) is 6.35. The van der Waals surface area contributed by atoms with E-state index in [1.165, 1.54) is 38.2 Å². The largest absolute Gasteiger partial charge is 0.312 e. The lowest BCUT2D eigenvalue weighted by Crippen LogP contribution is -2.15. The van der Waals surface area contributed by atoms with Gasteiger partial charge in [-0.2, -0.15) is 0 Å². The molecule has 5 heteroatoms. The Labute approximate surface area is 125 Å². The summed E-state index contributed by atoms with van der Waals surface area (Å²) < 4.78 is 0. The zero-order valence-corrected chi connectivity index (χ0v) is 12.8. The number of nitro benzene ring substituents is 1. The minimum atomic E-state index is -0.363. The zero-order chi connectivity index (χ0) is 14.8. The minimum Gasteiger partial charge on any atom is -0.312 e. The molecule has 0 aliphatic heterocycles. The second kappa shape index (κ2) is 9.72. The van der Waals surface area contributed by atoms with Gasteiger partial charge in [0.25, 0.3) is 5.69 Å². The fourth-order valence-corrected chi connectivity index (χ4v) is 2.32. The van der Waals surface area contributed by atoms with Gasteiger partial charge in [-0.3, -0.25) is 10.1 Å². The van der Waals surface area contributed by atoms with Crippen LogP contribution >= 0.6 is 11.6 Å². The monoisotopic (exact) mass is 298 g/mol. The van der Waals surface area contributed by atoms with E-state index in [2.05, 4.69) is 12.2 Å². The summed E-state index contributed by atoms with van der Waals surface area (Å²) in [6.07, 6.45) is 7.46. The molecular formula is C15H23ClN2O2. The summed E-state index contributed by atoms with van der Waals surface area (Å²) >= 11 is 5.88. The van der Waals surface area contributed by atoms with Crippen LogP contribution in [-0.2, 0) is 6.54 Å². The van der Waals surface area contributed by atoms with E-state index in [-0.39, 0.29) is 10.6 Å². The summed E-state index contributed by atoms with van der Waals surface area (Å²) in [6.45, 7) is 3.58. The summed E-state index contributed by atoms with van der Waals surface area (Å²) in [6, 6.07) is 4.68. The number of benzene rings is 1. The van der Waals surface area contributed by atoms with Crippen molar-refractivity contribution in [1.82, 2.24) is 5.32 Å². The maximum absolute atomic E-state index is 10.9. The van der Waals surface area contributed by atoms with Gasteiger partial charge in [-0.1, -0.05) is 50.6 Å².